The van der Waals surface area contributed by atoms with Gasteiger partial charge in [0.2, 0.25) is 11.8 Å². The van der Waals surface area contributed by atoms with E-state index in [-0.39, 0.29) is 38.2 Å². The molecule has 2 bridgehead atoms. The van der Waals surface area contributed by atoms with Crippen LogP contribution in [0.25, 0.3) is 11.0 Å². The van der Waals surface area contributed by atoms with Crippen molar-refractivity contribution in [3.63, 3.8) is 0 Å². The number of ether oxygens (including phenoxy) is 2. The first kappa shape index (κ1) is 26.3. The van der Waals surface area contributed by atoms with Crippen LogP contribution in [0.4, 0.5) is 0 Å². The quantitative estimate of drug-likeness (QED) is 0.251. The van der Waals surface area contributed by atoms with Crippen LogP contribution in [0.2, 0.25) is 0 Å². The van der Waals surface area contributed by atoms with E-state index >= 15 is 0 Å². The van der Waals surface area contributed by atoms with E-state index in [1.54, 1.807) is 27.5 Å². The number of aromatic nitrogens is 3. The van der Waals surface area contributed by atoms with Gasteiger partial charge in [-0.1, -0.05) is 23.4 Å². The van der Waals surface area contributed by atoms with Crippen molar-refractivity contribution >= 4 is 28.8 Å². The van der Waals surface area contributed by atoms with Crippen molar-refractivity contribution in [1.29, 1.82) is 0 Å². The van der Waals surface area contributed by atoms with E-state index < -0.39 is 35.6 Å². The molecule has 0 saturated carbocycles. The van der Waals surface area contributed by atoms with E-state index in [4.69, 9.17) is 9.47 Å². The molecule has 5 atom stereocenters. The van der Waals surface area contributed by atoms with E-state index in [9.17, 15) is 19.5 Å². The topological polar surface area (TPSA) is 127 Å². The lowest BCUT2D eigenvalue weighted by Gasteiger charge is -2.36. The largest absolute Gasteiger partial charge is 0.466 e. The van der Waals surface area contributed by atoms with Crippen molar-refractivity contribution < 1.29 is 29.0 Å². The Morgan fingerprint density at radius 1 is 1.32 bits per heavy atom. The van der Waals surface area contributed by atoms with Crippen LogP contribution in [-0.2, 0) is 30.5 Å². The number of fused-ring (bicyclic) bond motifs is 2. The maximum Gasteiger partial charge on any atom is 0.312 e. The van der Waals surface area contributed by atoms with Gasteiger partial charge in [-0.3, -0.25) is 14.4 Å². The normalized spacial score (nSPS) is 27.6. The van der Waals surface area contributed by atoms with Crippen LogP contribution in [0.15, 0.2) is 36.9 Å². The number of carbonyl (C=O) groups excluding carboxylic acids is 3. The summed E-state index contributed by atoms with van der Waals surface area (Å²) in [6, 6.07) is 6.62. The van der Waals surface area contributed by atoms with Crippen LogP contribution < -0.4 is 0 Å². The molecule has 204 valence electrons. The van der Waals surface area contributed by atoms with Crippen molar-refractivity contribution in [2.75, 3.05) is 26.3 Å². The van der Waals surface area contributed by atoms with Gasteiger partial charge < -0.3 is 24.4 Å². The zero-order valence-electron chi connectivity index (χ0n) is 21.7. The molecule has 3 aliphatic rings. The number of hydrogen-bond donors (Lipinski definition) is 1. The van der Waals surface area contributed by atoms with Gasteiger partial charge in [-0.2, -0.15) is 0 Å². The lowest BCUT2D eigenvalue weighted by molar-refractivity contribution is -0.155. The van der Waals surface area contributed by atoms with Gasteiger partial charge in [0.25, 0.3) is 0 Å². The molecule has 1 aromatic heterocycles. The maximum atomic E-state index is 14.4. The third kappa shape index (κ3) is 4.27. The first-order chi connectivity index (χ1) is 18.5. The Morgan fingerprint density at radius 3 is 2.89 bits per heavy atom. The Bertz CT molecular complexity index is 1220. The minimum Gasteiger partial charge on any atom is -0.466 e. The molecule has 11 nitrogen and oxygen atoms in total. The zero-order valence-corrected chi connectivity index (χ0v) is 21.7. The molecule has 1 N–H and O–H groups in total. The number of para-hydroxylation sites is 1. The molecule has 4 heterocycles. The highest BCUT2D eigenvalue weighted by molar-refractivity contribution is 5.98. The van der Waals surface area contributed by atoms with Crippen molar-refractivity contribution in [3.8, 4) is 0 Å². The molecule has 0 unspecified atom stereocenters. The molecular formula is C27H35N5O6. The monoisotopic (exact) mass is 525 g/mol. The van der Waals surface area contributed by atoms with Gasteiger partial charge in [-0.15, -0.1) is 11.7 Å². The SMILES string of the molecule is C=CCN(Cn1nnc2ccccc21)C(=O)[C@H]1N(CCCCCO)C(=O)[C@@H]2[C@@H](C(=O)OCC)[C@H]3CC[C@]21O3. The van der Waals surface area contributed by atoms with Gasteiger partial charge in [0.15, 0.2) is 0 Å². The van der Waals surface area contributed by atoms with Crippen LogP contribution in [-0.4, -0.2) is 91.7 Å². The average Bonchev–Trinajstić information content (AvgIpc) is 3.66. The standard InChI is InChI=1S/C27H35N5O6/c1-3-14-30(17-32-19-11-7-6-10-18(19)28-29-32)25(35)23-27-13-12-20(38-27)21(26(36)37-4-2)22(27)24(34)31(23)15-8-5-9-16-33/h3,6-7,10-11,20-23,33H,1,4-5,8-9,12-17H2,2H3/t20-,21+,22+,23-,27+/m1/s1. The number of rotatable bonds is 12. The van der Waals surface area contributed by atoms with Crippen LogP contribution in [0.3, 0.4) is 0 Å². The second-order valence-corrected chi connectivity index (χ2v) is 10.2. The van der Waals surface area contributed by atoms with E-state index in [1.807, 2.05) is 24.3 Å². The second-order valence-electron chi connectivity index (χ2n) is 10.2. The summed E-state index contributed by atoms with van der Waals surface area (Å²) in [5, 5.41) is 17.6. The number of benzene rings is 1. The molecule has 3 fully saturated rings. The lowest BCUT2D eigenvalue weighted by atomic mass is 9.70. The Kier molecular flexibility index (Phi) is 7.49. The van der Waals surface area contributed by atoms with E-state index in [0.717, 1.165) is 5.52 Å². The summed E-state index contributed by atoms with van der Waals surface area (Å²) in [5.41, 5.74) is 0.417. The van der Waals surface area contributed by atoms with Crippen molar-refractivity contribution in [1.82, 2.24) is 24.8 Å². The predicted octanol–water partition coefficient (Wildman–Crippen LogP) is 1.50. The number of amides is 2. The number of esters is 1. The highest BCUT2D eigenvalue weighted by atomic mass is 16.6. The van der Waals surface area contributed by atoms with Crippen molar-refractivity contribution in [2.45, 2.75) is 63.4 Å². The van der Waals surface area contributed by atoms with Gasteiger partial charge in [0, 0.05) is 19.7 Å². The number of nitrogens with zero attached hydrogens (tertiary/aromatic N) is 5. The minimum absolute atomic E-state index is 0.0670. The highest BCUT2D eigenvalue weighted by Crippen LogP contribution is 2.58. The minimum atomic E-state index is -1.09. The third-order valence-electron chi connectivity index (χ3n) is 8.04. The average molecular weight is 526 g/mol. The van der Waals surface area contributed by atoms with Crippen LogP contribution in [0, 0.1) is 11.8 Å². The molecule has 3 aliphatic heterocycles. The first-order valence-corrected chi connectivity index (χ1v) is 13.4. The fraction of sp³-hybridized carbons (Fsp3) is 0.593. The van der Waals surface area contributed by atoms with Crippen molar-refractivity contribution in [2.24, 2.45) is 11.8 Å². The molecular weight excluding hydrogens is 490 g/mol. The number of aliphatic hydroxyl groups excluding tert-OH is 1. The Labute approximate surface area is 221 Å². The zero-order chi connectivity index (χ0) is 26.9. The number of carbonyl (C=O) groups is 3. The second kappa shape index (κ2) is 10.8. The van der Waals surface area contributed by atoms with Gasteiger partial charge >= 0.3 is 5.97 Å². The summed E-state index contributed by atoms with van der Waals surface area (Å²) in [6.07, 6.45) is 4.25. The summed E-state index contributed by atoms with van der Waals surface area (Å²) in [6.45, 7) is 6.55. The fourth-order valence-corrected chi connectivity index (χ4v) is 6.48. The van der Waals surface area contributed by atoms with E-state index in [0.29, 0.717) is 44.2 Å². The summed E-state index contributed by atoms with van der Waals surface area (Å²) < 4.78 is 13.4. The molecule has 3 saturated heterocycles. The fourth-order valence-electron chi connectivity index (χ4n) is 6.48. The molecule has 0 aliphatic carbocycles. The smallest absolute Gasteiger partial charge is 0.312 e. The molecule has 38 heavy (non-hydrogen) atoms. The molecule has 2 aromatic rings. The number of aliphatic hydroxyl groups is 1. The van der Waals surface area contributed by atoms with Gasteiger partial charge in [0.1, 0.15) is 23.8 Å². The first-order valence-electron chi connectivity index (χ1n) is 13.4. The van der Waals surface area contributed by atoms with Crippen LogP contribution >= 0.6 is 0 Å². The molecule has 11 heteroatoms. The number of hydrogen-bond acceptors (Lipinski definition) is 8. The molecule has 1 spiro atoms. The number of likely N-dealkylation sites (tertiary alicyclic amines) is 1. The van der Waals surface area contributed by atoms with Crippen LogP contribution in [0.1, 0.15) is 39.0 Å². The Morgan fingerprint density at radius 2 is 2.13 bits per heavy atom. The highest BCUT2D eigenvalue weighted by Gasteiger charge is 2.75. The Hall–Kier alpha value is -3.31. The predicted molar refractivity (Wildman–Crippen MR) is 136 cm³/mol. The number of unbranched alkanes of at least 4 members (excludes halogenated alkanes) is 2. The van der Waals surface area contributed by atoms with Gasteiger partial charge in [-0.05, 0) is 51.2 Å². The maximum absolute atomic E-state index is 14.4. The third-order valence-corrected chi connectivity index (χ3v) is 8.04. The Balaban J connectivity index is 1.48. The summed E-state index contributed by atoms with van der Waals surface area (Å²) >= 11 is 0. The van der Waals surface area contributed by atoms with Crippen molar-refractivity contribution in [3.05, 3.63) is 36.9 Å². The molecule has 5 rings (SSSR count). The van der Waals surface area contributed by atoms with E-state index in [2.05, 4.69) is 16.9 Å². The van der Waals surface area contributed by atoms with Crippen LogP contribution in [0.5, 0.6) is 0 Å². The molecule has 1 aromatic carbocycles. The van der Waals surface area contributed by atoms with Gasteiger partial charge in [-0.25, -0.2) is 4.68 Å². The van der Waals surface area contributed by atoms with E-state index in [1.165, 1.54) is 0 Å². The van der Waals surface area contributed by atoms with Gasteiger partial charge in [0.05, 0.1) is 30.1 Å². The summed E-state index contributed by atoms with van der Waals surface area (Å²) in [4.78, 5) is 44.4. The lowest BCUT2D eigenvalue weighted by Crippen LogP contribution is -2.56. The summed E-state index contributed by atoms with van der Waals surface area (Å²) in [5.74, 6) is -2.43. The molecule has 2 amide bonds. The molecule has 0 radical (unpaired) electrons. The summed E-state index contributed by atoms with van der Waals surface area (Å²) in [7, 11) is 0.